The number of benzene rings is 3. The molecule has 2 heterocycles. The van der Waals surface area contributed by atoms with Gasteiger partial charge in [0.1, 0.15) is 0 Å². The predicted molar refractivity (Wildman–Crippen MR) is 115 cm³/mol. The summed E-state index contributed by atoms with van der Waals surface area (Å²) in [5.74, 6) is -0.972. The molecule has 2 aliphatic rings. The molecule has 2 fully saturated rings. The first-order chi connectivity index (χ1) is 14.0. The maximum Gasteiger partial charge on any atom is 0.239 e. The molecule has 0 spiro atoms. The minimum absolute atomic E-state index is 0.167. The Bertz CT molecular complexity index is 1100. The van der Waals surface area contributed by atoms with Crippen LogP contribution in [-0.2, 0) is 16.1 Å². The van der Waals surface area contributed by atoms with Gasteiger partial charge in [-0.05, 0) is 40.6 Å². The molecule has 2 saturated heterocycles. The van der Waals surface area contributed by atoms with Crippen LogP contribution in [0.25, 0.3) is 10.8 Å². The summed E-state index contributed by atoms with van der Waals surface area (Å²) in [4.78, 5) is 29.4. The number of anilines is 1. The zero-order chi connectivity index (χ0) is 20.1. The predicted octanol–water partition coefficient (Wildman–Crippen LogP) is 4.77. The van der Waals surface area contributed by atoms with Gasteiger partial charge in [-0.1, -0.05) is 59.6 Å². The number of rotatable bonds is 3. The summed E-state index contributed by atoms with van der Waals surface area (Å²) >= 11 is 12.1. The fraction of sp³-hybridized carbons (Fsp3) is 0.217. The quantitative estimate of drug-likeness (QED) is 0.568. The van der Waals surface area contributed by atoms with Gasteiger partial charge in [0.05, 0.1) is 17.5 Å². The number of amides is 2. The van der Waals surface area contributed by atoms with E-state index in [0.717, 1.165) is 6.54 Å². The molecule has 3 aromatic carbocycles. The monoisotopic (exact) mass is 424 g/mol. The van der Waals surface area contributed by atoms with Crippen molar-refractivity contribution in [3.05, 3.63) is 76.3 Å². The minimum atomic E-state index is -0.319. The first kappa shape index (κ1) is 18.6. The highest BCUT2D eigenvalue weighted by molar-refractivity contribution is 6.35. The zero-order valence-corrected chi connectivity index (χ0v) is 17.0. The molecule has 0 radical (unpaired) electrons. The molecular weight excluding hydrogens is 407 g/mol. The fourth-order valence-electron chi connectivity index (χ4n) is 4.47. The Balaban J connectivity index is 1.34. The first-order valence-electron chi connectivity index (χ1n) is 9.53. The number of carbonyl (C=O) groups is 2. The Labute approximate surface area is 178 Å². The Hall–Kier alpha value is -2.40. The van der Waals surface area contributed by atoms with Crippen LogP contribution < -0.4 is 4.90 Å². The molecule has 5 rings (SSSR count). The normalized spacial score (nSPS) is 21.9. The first-order valence-corrected chi connectivity index (χ1v) is 10.3. The van der Waals surface area contributed by atoms with E-state index in [1.54, 1.807) is 18.2 Å². The van der Waals surface area contributed by atoms with Gasteiger partial charge in [0.2, 0.25) is 11.8 Å². The van der Waals surface area contributed by atoms with Gasteiger partial charge < -0.3 is 0 Å². The SMILES string of the molecule is O=C1C2CN(Cc3ccc4ccccc4c3)CC2C(=O)N1c1cc(Cl)cc(Cl)c1. The van der Waals surface area contributed by atoms with E-state index >= 15 is 0 Å². The molecule has 2 aliphatic heterocycles. The maximum atomic E-state index is 13.0. The van der Waals surface area contributed by atoms with E-state index in [4.69, 9.17) is 23.2 Å². The molecule has 0 saturated carbocycles. The molecule has 29 heavy (non-hydrogen) atoms. The molecule has 146 valence electrons. The summed E-state index contributed by atoms with van der Waals surface area (Å²) in [5, 5.41) is 3.21. The van der Waals surface area contributed by atoms with Crippen molar-refractivity contribution in [1.82, 2.24) is 4.90 Å². The van der Waals surface area contributed by atoms with Crippen molar-refractivity contribution < 1.29 is 9.59 Å². The van der Waals surface area contributed by atoms with Gasteiger partial charge in [-0.3, -0.25) is 14.5 Å². The lowest BCUT2D eigenvalue weighted by molar-refractivity contribution is -0.123. The van der Waals surface area contributed by atoms with Crippen molar-refractivity contribution in [1.29, 1.82) is 0 Å². The van der Waals surface area contributed by atoms with Crippen molar-refractivity contribution in [3.63, 3.8) is 0 Å². The van der Waals surface area contributed by atoms with Crippen LogP contribution in [0.3, 0.4) is 0 Å². The summed E-state index contributed by atoms with van der Waals surface area (Å²) in [6.45, 7) is 1.88. The highest BCUT2D eigenvalue weighted by atomic mass is 35.5. The largest absolute Gasteiger partial charge is 0.297 e. The molecule has 0 aromatic heterocycles. The number of hydrogen-bond acceptors (Lipinski definition) is 3. The average Bonchev–Trinajstić information content (AvgIpc) is 3.19. The molecule has 2 amide bonds. The van der Waals surface area contributed by atoms with Gasteiger partial charge in [0.15, 0.2) is 0 Å². The van der Waals surface area contributed by atoms with Crippen LogP contribution >= 0.6 is 23.2 Å². The number of halogens is 2. The number of hydrogen-bond donors (Lipinski definition) is 0. The molecule has 0 N–H and O–H groups in total. The molecule has 0 bridgehead atoms. The molecule has 2 unspecified atom stereocenters. The second kappa shape index (κ2) is 7.13. The van der Waals surface area contributed by atoms with E-state index in [1.165, 1.54) is 21.2 Å². The Morgan fingerprint density at radius 1 is 0.793 bits per heavy atom. The Morgan fingerprint density at radius 2 is 1.41 bits per heavy atom. The zero-order valence-electron chi connectivity index (χ0n) is 15.5. The van der Waals surface area contributed by atoms with Crippen molar-refractivity contribution >= 4 is 51.5 Å². The van der Waals surface area contributed by atoms with E-state index in [9.17, 15) is 9.59 Å². The lowest BCUT2D eigenvalue weighted by Gasteiger charge is -2.21. The fourth-order valence-corrected chi connectivity index (χ4v) is 4.99. The minimum Gasteiger partial charge on any atom is -0.297 e. The van der Waals surface area contributed by atoms with Crippen LogP contribution in [-0.4, -0.2) is 29.8 Å². The van der Waals surface area contributed by atoms with Gasteiger partial charge in [-0.25, -0.2) is 4.90 Å². The topological polar surface area (TPSA) is 40.6 Å². The van der Waals surface area contributed by atoms with Gasteiger partial charge >= 0.3 is 0 Å². The van der Waals surface area contributed by atoms with Crippen LogP contribution in [0.15, 0.2) is 60.7 Å². The molecule has 2 atom stereocenters. The second-order valence-corrected chi connectivity index (χ2v) is 8.60. The van der Waals surface area contributed by atoms with Crippen LogP contribution in [0.2, 0.25) is 10.0 Å². The van der Waals surface area contributed by atoms with E-state index in [0.29, 0.717) is 28.8 Å². The van der Waals surface area contributed by atoms with Gasteiger partial charge in [0.25, 0.3) is 0 Å². The summed E-state index contributed by atoms with van der Waals surface area (Å²) < 4.78 is 0. The summed E-state index contributed by atoms with van der Waals surface area (Å²) in [6, 6.07) is 19.4. The summed E-state index contributed by atoms with van der Waals surface area (Å²) in [7, 11) is 0. The summed E-state index contributed by atoms with van der Waals surface area (Å²) in [6.07, 6.45) is 0. The van der Waals surface area contributed by atoms with E-state index in [1.807, 2.05) is 12.1 Å². The standard InChI is InChI=1S/C23H18Cl2N2O2/c24-17-8-18(25)10-19(9-17)27-22(28)20-12-26(13-21(20)23(27)29)11-14-5-6-15-3-1-2-4-16(15)7-14/h1-10,20-21H,11-13H2. The number of likely N-dealkylation sites (tertiary alicyclic amines) is 1. The van der Waals surface area contributed by atoms with Crippen molar-refractivity contribution in [2.45, 2.75) is 6.54 Å². The van der Waals surface area contributed by atoms with Crippen LogP contribution in [0.4, 0.5) is 5.69 Å². The maximum absolute atomic E-state index is 13.0. The molecule has 6 heteroatoms. The lowest BCUT2D eigenvalue weighted by Crippen LogP contribution is -2.36. The van der Waals surface area contributed by atoms with Crippen molar-refractivity contribution in [3.8, 4) is 0 Å². The Kier molecular flexibility index (Phi) is 4.58. The number of fused-ring (bicyclic) bond motifs is 2. The number of carbonyl (C=O) groups excluding carboxylic acids is 2. The summed E-state index contributed by atoms with van der Waals surface area (Å²) in [5.41, 5.74) is 1.63. The van der Waals surface area contributed by atoms with E-state index in [-0.39, 0.29) is 23.7 Å². The van der Waals surface area contributed by atoms with Gasteiger partial charge in [-0.2, -0.15) is 0 Å². The third-order valence-electron chi connectivity index (χ3n) is 5.80. The number of imide groups is 1. The van der Waals surface area contributed by atoms with Crippen LogP contribution in [0.1, 0.15) is 5.56 Å². The highest BCUT2D eigenvalue weighted by Crippen LogP contribution is 2.38. The third-order valence-corrected chi connectivity index (χ3v) is 6.23. The lowest BCUT2D eigenvalue weighted by atomic mass is 10.00. The Morgan fingerprint density at radius 3 is 2.07 bits per heavy atom. The molecule has 3 aromatic rings. The highest BCUT2D eigenvalue weighted by Gasteiger charge is 2.52. The van der Waals surface area contributed by atoms with Gasteiger partial charge in [0, 0.05) is 29.7 Å². The van der Waals surface area contributed by atoms with Crippen LogP contribution in [0.5, 0.6) is 0 Å². The van der Waals surface area contributed by atoms with Crippen molar-refractivity contribution in [2.24, 2.45) is 11.8 Å². The van der Waals surface area contributed by atoms with E-state index in [2.05, 4.69) is 35.2 Å². The van der Waals surface area contributed by atoms with Crippen molar-refractivity contribution in [2.75, 3.05) is 18.0 Å². The molecule has 4 nitrogen and oxygen atoms in total. The van der Waals surface area contributed by atoms with Crippen LogP contribution in [0, 0.1) is 11.8 Å². The molecular formula is C23H18Cl2N2O2. The average molecular weight is 425 g/mol. The molecule has 0 aliphatic carbocycles. The second-order valence-electron chi connectivity index (χ2n) is 7.73. The number of nitrogens with zero attached hydrogens (tertiary/aromatic N) is 2. The van der Waals surface area contributed by atoms with E-state index < -0.39 is 0 Å². The smallest absolute Gasteiger partial charge is 0.239 e. The van der Waals surface area contributed by atoms with Gasteiger partial charge in [-0.15, -0.1) is 0 Å². The third kappa shape index (κ3) is 3.31.